The number of nitrogens with zero attached hydrogens (tertiary/aromatic N) is 4. The Kier molecular flexibility index (Phi) is 6.37. The minimum absolute atomic E-state index is 0.783. The van der Waals surface area contributed by atoms with Crippen LogP contribution in [0.2, 0.25) is 13.1 Å². The van der Waals surface area contributed by atoms with Crippen molar-refractivity contribution in [2.24, 2.45) is 0 Å². The Bertz CT molecular complexity index is 3080. The first-order chi connectivity index (χ1) is 26.1. The molecule has 10 aromatic rings. The molecule has 0 saturated carbocycles. The lowest BCUT2D eigenvalue weighted by molar-refractivity contribution is 1.17. The van der Waals surface area contributed by atoms with E-state index in [4.69, 9.17) is 9.97 Å². The summed E-state index contributed by atoms with van der Waals surface area (Å²) in [6.07, 6.45) is 0. The van der Waals surface area contributed by atoms with Crippen molar-refractivity contribution >= 4 is 62.2 Å². The molecule has 0 N–H and O–H groups in total. The molecule has 3 aromatic heterocycles. The lowest BCUT2D eigenvalue weighted by Gasteiger charge is -2.19. The number of para-hydroxylation sites is 3. The van der Waals surface area contributed by atoms with Gasteiger partial charge in [-0.05, 0) is 53.2 Å². The minimum Gasteiger partial charge on any atom is -0.309 e. The summed E-state index contributed by atoms with van der Waals surface area (Å²) >= 11 is 0. The maximum Gasteiger partial charge on any atom is 0.159 e. The fourth-order valence-electron chi connectivity index (χ4n) is 8.89. The van der Waals surface area contributed by atoms with Crippen molar-refractivity contribution in [1.82, 2.24) is 19.1 Å². The van der Waals surface area contributed by atoms with Gasteiger partial charge in [-0.2, -0.15) is 0 Å². The van der Waals surface area contributed by atoms with Crippen LogP contribution in [0.4, 0.5) is 0 Å². The van der Waals surface area contributed by atoms with E-state index >= 15 is 0 Å². The van der Waals surface area contributed by atoms with Gasteiger partial charge >= 0.3 is 0 Å². The summed E-state index contributed by atoms with van der Waals surface area (Å²) < 4.78 is 4.88. The average Bonchev–Trinajstić information content (AvgIpc) is 3.81. The van der Waals surface area contributed by atoms with Crippen LogP contribution in [-0.2, 0) is 0 Å². The molecular weight excluding hydrogens is 661 g/mol. The molecule has 0 saturated heterocycles. The molecule has 1 aliphatic rings. The Morgan fingerprint density at radius 3 is 1.92 bits per heavy atom. The average molecular weight is 695 g/mol. The van der Waals surface area contributed by atoms with Gasteiger partial charge in [0.05, 0.1) is 27.8 Å². The Balaban J connectivity index is 1.21. The second-order valence-corrected chi connectivity index (χ2v) is 18.9. The third-order valence-electron chi connectivity index (χ3n) is 11.3. The minimum atomic E-state index is -2.08. The highest BCUT2D eigenvalue weighted by atomic mass is 28.3. The third kappa shape index (κ3) is 4.29. The molecular formula is C48H34N4Si. The van der Waals surface area contributed by atoms with Gasteiger partial charge < -0.3 is 9.13 Å². The Labute approximate surface area is 308 Å². The van der Waals surface area contributed by atoms with Crippen LogP contribution < -0.4 is 10.5 Å². The Hall–Kier alpha value is -6.56. The summed E-state index contributed by atoms with van der Waals surface area (Å²) in [5, 5.41) is 7.62. The van der Waals surface area contributed by atoms with Gasteiger partial charge in [0.2, 0.25) is 0 Å². The van der Waals surface area contributed by atoms with E-state index in [-0.39, 0.29) is 0 Å². The van der Waals surface area contributed by atoms with Crippen LogP contribution in [0, 0.1) is 0 Å². The Morgan fingerprint density at radius 1 is 0.472 bits per heavy atom. The molecule has 0 aliphatic carbocycles. The molecule has 250 valence electrons. The number of rotatable bonds is 4. The second kappa shape index (κ2) is 11.2. The highest BCUT2D eigenvalue weighted by Crippen LogP contribution is 2.43. The van der Waals surface area contributed by atoms with Crippen LogP contribution in [0.1, 0.15) is 0 Å². The molecule has 5 heteroatoms. The van der Waals surface area contributed by atoms with Crippen molar-refractivity contribution in [2.45, 2.75) is 13.1 Å². The van der Waals surface area contributed by atoms with Crippen LogP contribution in [0.15, 0.2) is 170 Å². The fourth-order valence-corrected chi connectivity index (χ4v) is 11.8. The maximum absolute atomic E-state index is 5.41. The van der Waals surface area contributed by atoms with Crippen LogP contribution >= 0.6 is 0 Å². The van der Waals surface area contributed by atoms with Crippen LogP contribution in [0.5, 0.6) is 0 Å². The van der Waals surface area contributed by atoms with Crippen molar-refractivity contribution in [3.63, 3.8) is 0 Å². The van der Waals surface area contributed by atoms with Gasteiger partial charge in [0.15, 0.2) is 5.82 Å². The van der Waals surface area contributed by atoms with E-state index in [1.54, 1.807) is 0 Å². The smallest absolute Gasteiger partial charge is 0.159 e. The highest BCUT2D eigenvalue weighted by Gasteiger charge is 2.41. The number of benzene rings is 7. The zero-order valence-corrected chi connectivity index (χ0v) is 30.5. The van der Waals surface area contributed by atoms with E-state index < -0.39 is 8.07 Å². The van der Waals surface area contributed by atoms with Crippen LogP contribution in [0.25, 0.3) is 88.8 Å². The van der Waals surface area contributed by atoms with Gasteiger partial charge in [-0.3, -0.25) is 0 Å². The summed E-state index contributed by atoms with van der Waals surface area (Å²) in [5.41, 5.74) is 12.6. The lowest BCUT2D eigenvalue weighted by atomic mass is 10.00. The van der Waals surface area contributed by atoms with Crippen LogP contribution in [-0.4, -0.2) is 27.2 Å². The largest absolute Gasteiger partial charge is 0.309 e. The summed E-state index contributed by atoms with van der Waals surface area (Å²) in [5.74, 6) is 0.783. The number of aromatic nitrogens is 4. The van der Waals surface area contributed by atoms with Gasteiger partial charge in [0.1, 0.15) is 8.07 Å². The van der Waals surface area contributed by atoms with E-state index in [1.165, 1.54) is 65.2 Å². The maximum atomic E-state index is 5.41. The second-order valence-electron chi connectivity index (χ2n) is 14.6. The summed E-state index contributed by atoms with van der Waals surface area (Å²) in [4.78, 5) is 10.8. The van der Waals surface area contributed by atoms with Crippen molar-refractivity contribution in [1.29, 1.82) is 0 Å². The van der Waals surface area contributed by atoms with E-state index in [0.717, 1.165) is 34.0 Å². The fraction of sp³-hybridized carbons (Fsp3) is 0.0417. The summed E-state index contributed by atoms with van der Waals surface area (Å²) in [6.45, 7) is 4.85. The SMILES string of the molecule is C[Si]1(C)c2ccccc2-c2c(-c3cccc(-n4c5ccccc5c5c4ccc4c6ccccc6n(-c6ccccc6)c45)c3)nc(-c3ccccc3)nc21. The molecule has 1 aliphatic heterocycles. The molecule has 0 amide bonds. The molecule has 0 unspecified atom stereocenters. The predicted octanol–water partition coefficient (Wildman–Crippen LogP) is 10.8. The molecule has 7 aromatic carbocycles. The van der Waals surface area contributed by atoms with Crippen molar-refractivity contribution in [2.75, 3.05) is 0 Å². The van der Waals surface area contributed by atoms with Crippen molar-refractivity contribution < 1.29 is 0 Å². The zero-order chi connectivity index (χ0) is 35.3. The normalized spacial score (nSPS) is 13.2. The first-order valence-electron chi connectivity index (χ1n) is 18.3. The highest BCUT2D eigenvalue weighted by molar-refractivity contribution is 7.03. The standard InChI is InChI=1S/C48H34N4Si/c1-53(2)42-27-14-11-24-38(42)44-45(49-47(50-48(44)53)31-16-5-3-6-17-31)32-18-15-21-34(30-32)51-40-26-13-10-23-37(40)43-41(51)29-28-36-35-22-9-12-25-39(35)52(46(36)43)33-19-7-4-8-20-33/h3-30H,1-2H3. The first-order valence-corrected chi connectivity index (χ1v) is 21.3. The van der Waals surface area contributed by atoms with Gasteiger partial charge in [-0.25, -0.2) is 9.97 Å². The molecule has 4 nitrogen and oxygen atoms in total. The molecule has 0 atom stereocenters. The van der Waals surface area contributed by atoms with E-state index in [0.29, 0.717) is 0 Å². The molecule has 0 spiro atoms. The van der Waals surface area contributed by atoms with E-state index in [1.807, 2.05) is 0 Å². The van der Waals surface area contributed by atoms with Gasteiger partial charge in [0.25, 0.3) is 0 Å². The third-order valence-corrected chi connectivity index (χ3v) is 14.6. The van der Waals surface area contributed by atoms with Gasteiger partial charge in [-0.15, -0.1) is 0 Å². The quantitative estimate of drug-likeness (QED) is 0.172. The molecule has 0 bridgehead atoms. The molecule has 0 fully saturated rings. The zero-order valence-electron chi connectivity index (χ0n) is 29.5. The van der Waals surface area contributed by atoms with Crippen molar-refractivity contribution in [3.8, 4) is 45.1 Å². The molecule has 53 heavy (non-hydrogen) atoms. The molecule has 0 radical (unpaired) electrons. The number of hydrogen-bond donors (Lipinski definition) is 0. The summed E-state index contributed by atoms with van der Waals surface area (Å²) in [6, 6.07) is 61.3. The van der Waals surface area contributed by atoms with Crippen LogP contribution in [0.3, 0.4) is 0 Å². The molecule has 11 rings (SSSR count). The van der Waals surface area contributed by atoms with Gasteiger partial charge in [0, 0.05) is 54.9 Å². The Morgan fingerprint density at radius 2 is 1.11 bits per heavy atom. The monoisotopic (exact) mass is 694 g/mol. The summed E-state index contributed by atoms with van der Waals surface area (Å²) in [7, 11) is -2.08. The molecule has 4 heterocycles. The number of fused-ring (bicyclic) bond motifs is 10. The van der Waals surface area contributed by atoms with E-state index in [2.05, 4.69) is 192 Å². The predicted molar refractivity (Wildman–Crippen MR) is 224 cm³/mol. The lowest BCUT2D eigenvalue weighted by Crippen LogP contribution is -2.50. The topological polar surface area (TPSA) is 35.6 Å². The first kappa shape index (κ1) is 30.1. The number of hydrogen-bond acceptors (Lipinski definition) is 2. The van der Waals surface area contributed by atoms with Crippen molar-refractivity contribution in [3.05, 3.63) is 170 Å². The van der Waals surface area contributed by atoms with E-state index in [9.17, 15) is 0 Å². The van der Waals surface area contributed by atoms with Gasteiger partial charge in [-0.1, -0.05) is 140 Å².